The summed E-state index contributed by atoms with van der Waals surface area (Å²) in [6.45, 7) is 0. The first kappa shape index (κ1) is 14.9. The average Bonchev–Trinajstić information content (AvgIpc) is 2.46. The number of nitrogens with one attached hydrogen (secondary N) is 1. The summed E-state index contributed by atoms with van der Waals surface area (Å²) in [6, 6.07) is 14.5. The maximum atomic E-state index is 12.1. The molecule has 104 valence electrons. The highest BCUT2D eigenvalue weighted by molar-refractivity contribution is 9.10. The van der Waals surface area contributed by atoms with E-state index >= 15 is 0 Å². The highest BCUT2D eigenvalue weighted by Gasteiger charge is 2.17. The van der Waals surface area contributed by atoms with Gasteiger partial charge in [-0.25, -0.2) is 0 Å². The van der Waals surface area contributed by atoms with Crippen molar-refractivity contribution >= 4 is 39.1 Å². The number of halogens is 2. The summed E-state index contributed by atoms with van der Waals surface area (Å²) in [5.41, 5.74) is 1.39. The van der Waals surface area contributed by atoms with Gasteiger partial charge >= 0.3 is 0 Å². The lowest BCUT2D eigenvalue weighted by Crippen LogP contribution is -2.17. The van der Waals surface area contributed by atoms with Crippen LogP contribution < -0.4 is 10.1 Å². The van der Waals surface area contributed by atoms with Crippen molar-refractivity contribution in [2.75, 3.05) is 12.4 Å². The Kier molecular flexibility index (Phi) is 5.04. The predicted molar refractivity (Wildman–Crippen MR) is 84.4 cm³/mol. The largest absolute Gasteiger partial charge is 0.497 e. The van der Waals surface area contributed by atoms with Crippen molar-refractivity contribution in [2.24, 2.45) is 0 Å². The first-order chi connectivity index (χ1) is 9.60. The zero-order valence-corrected chi connectivity index (χ0v) is 13.1. The van der Waals surface area contributed by atoms with Crippen LogP contribution in [0.4, 0.5) is 5.69 Å². The van der Waals surface area contributed by atoms with Crippen molar-refractivity contribution in [2.45, 2.75) is 5.38 Å². The number of benzene rings is 2. The van der Waals surface area contributed by atoms with Crippen molar-refractivity contribution in [1.82, 2.24) is 0 Å². The Bertz CT molecular complexity index is 604. The number of methoxy groups -OCH3 is 1. The molecular weight excluding hydrogens is 342 g/mol. The fraction of sp³-hybridized carbons (Fsp3) is 0.133. The second-order valence-corrected chi connectivity index (χ2v) is 5.49. The van der Waals surface area contributed by atoms with Gasteiger partial charge in [-0.05, 0) is 17.7 Å². The number of amides is 1. The van der Waals surface area contributed by atoms with Gasteiger partial charge in [0.2, 0.25) is 5.91 Å². The predicted octanol–water partition coefficient (Wildman–Crippen LogP) is 4.38. The van der Waals surface area contributed by atoms with Gasteiger partial charge < -0.3 is 10.1 Å². The van der Waals surface area contributed by atoms with Crippen LogP contribution in [0.25, 0.3) is 0 Å². The summed E-state index contributed by atoms with van der Waals surface area (Å²) in [5.74, 6) is 0.374. The van der Waals surface area contributed by atoms with Gasteiger partial charge in [-0.3, -0.25) is 4.79 Å². The summed E-state index contributed by atoms with van der Waals surface area (Å²) in [7, 11) is 1.57. The molecule has 0 aliphatic rings. The van der Waals surface area contributed by atoms with Gasteiger partial charge in [0.1, 0.15) is 11.1 Å². The first-order valence-corrected chi connectivity index (χ1v) is 7.17. The molecule has 1 unspecified atom stereocenters. The minimum atomic E-state index is -0.735. The molecule has 0 heterocycles. The van der Waals surface area contributed by atoms with Crippen LogP contribution in [-0.4, -0.2) is 13.0 Å². The average molecular weight is 355 g/mol. The van der Waals surface area contributed by atoms with Crippen LogP contribution in [0.3, 0.4) is 0 Å². The van der Waals surface area contributed by atoms with E-state index in [1.807, 2.05) is 36.4 Å². The zero-order chi connectivity index (χ0) is 14.5. The van der Waals surface area contributed by atoms with Gasteiger partial charge in [0, 0.05) is 16.2 Å². The molecule has 1 N–H and O–H groups in total. The SMILES string of the molecule is COc1cc(Br)cc(NC(=O)C(Cl)c2ccccc2)c1. The third-order valence-corrected chi connectivity index (χ3v) is 3.60. The molecule has 0 saturated carbocycles. The van der Waals surface area contributed by atoms with Gasteiger partial charge in [-0.15, -0.1) is 11.6 Å². The summed E-state index contributed by atoms with van der Waals surface area (Å²) in [6.07, 6.45) is 0. The van der Waals surface area contributed by atoms with Crippen LogP contribution in [0.5, 0.6) is 5.75 Å². The molecule has 0 aliphatic heterocycles. The third kappa shape index (κ3) is 3.74. The molecule has 0 saturated heterocycles. The molecule has 0 spiro atoms. The van der Waals surface area contributed by atoms with E-state index < -0.39 is 5.38 Å². The van der Waals surface area contributed by atoms with Gasteiger partial charge in [0.25, 0.3) is 0 Å². The van der Waals surface area contributed by atoms with Crippen LogP contribution in [0.1, 0.15) is 10.9 Å². The minimum Gasteiger partial charge on any atom is -0.497 e. The van der Waals surface area contributed by atoms with Crippen molar-refractivity contribution in [3.8, 4) is 5.75 Å². The monoisotopic (exact) mass is 353 g/mol. The summed E-state index contributed by atoms with van der Waals surface area (Å²) in [4.78, 5) is 12.1. The van der Waals surface area contributed by atoms with Gasteiger partial charge in [-0.2, -0.15) is 0 Å². The van der Waals surface area contributed by atoms with E-state index in [4.69, 9.17) is 16.3 Å². The van der Waals surface area contributed by atoms with E-state index in [1.54, 1.807) is 19.2 Å². The number of alkyl halides is 1. The summed E-state index contributed by atoms with van der Waals surface area (Å²) < 4.78 is 5.97. The number of hydrogen-bond acceptors (Lipinski definition) is 2. The first-order valence-electron chi connectivity index (χ1n) is 5.94. The Labute approximate surface area is 131 Å². The second-order valence-electron chi connectivity index (χ2n) is 4.14. The number of anilines is 1. The Morgan fingerprint density at radius 3 is 2.60 bits per heavy atom. The molecule has 1 atom stereocenters. The molecule has 5 heteroatoms. The number of rotatable bonds is 4. The Morgan fingerprint density at radius 2 is 1.95 bits per heavy atom. The van der Waals surface area contributed by atoms with Crippen LogP contribution in [0.15, 0.2) is 53.0 Å². The van der Waals surface area contributed by atoms with Crippen LogP contribution >= 0.6 is 27.5 Å². The second kappa shape index (κ2) is 6.77. The maximum absolute atomic E-state index is 12.1. The molecule has 0 aliphatic carbocycles. The fourth-order valence-electron chi connectivity index (χ4n) is 1.73. The van der Waals surface area contributed by atoms with Crippen molar-refractivity contribution in [1.29, 1.82) is 0 Å². The fourth-order valence-corrected chi connectivity index (χ4v) is 2.40. The number of carbonyl (C=O) groups is 1. The Hall–Kier alpha value is -1.52. The molecule has 0 aromatic heterocycles. The van der Waals surface area contributed by atoms with Gasteiger partial charge in [0.05, 0.1) is 7.11 Å². The lowest BCUT2D eigenvalue weighted by molar-refractivity contribution is -0.116. The van der Waals surface area contributed by atoms with E-state index in [2.05, 4.69) is 21.2 Å². The maximum Gasteiger partial charge on any atom is 0.246 e. The van der Waals surface area contributed by atoms with Crippen LogP contribution in [0, 0.1) is 0 Å². The molecule has 20 heavy (non-hydrogen) atoms. The van der Waals surface area contributed by atoms with E-state index in [0.717, 1.165) is 10.0 Å². The molecule has 0 bridgehead atoms. The van der Waals surface area contributed by atoms with Crippen molar-refractivity contribution in [3.05, 3.63) is 58.6 Å². The van der Waals surface area contributed by atoms with Gasteiger partial charge in [0.15, 0.2) is 0 Å². The molecular formula is C15H13BrClNO2. The molecule has 0 radical (unpaired) electrons. The van der Waals surface area contributed by atoms with Crippen LogP contribution in [0.2, 0.25) is 0 Å². The molecule has 2 aromatic carbocycles. The zero-order valence-electron chi connectivity index (χ0n) is 10.8. The number of carbonyl (C=O) groups excluding carboxylic acids is 1. The van der Waals surface area contributed by atoms with E-state index in [9.17, 15) is 4.79 Å². The molecule has 0 fully saturated rings. The summed E-state index contributed by atoms with van der Waals surface area (Å²) >= 11 is 9.53. The summed E-state index contributed by atoms with van der Waals surface area (Å²) in [5, 5.41) is 2.04. The van der Waals surface area contributed by atoms with Crippen molar-refractivity contribution in [3.63, 3.8) is 0 Å². The van der Waals surface area contributed by atoms with Gasteiger partial charge in [-0.1, -0.05) is 46.3 Å². The molecule has 3 nitrogen and oxygen atoms in total. The van der Waals surface area contributed by atoms with E-state index in [1.165, 1.54) is 0 Å². The quantitative estimate of drug-likeness (QED) is 0.828. The number of ether oxygens (including phenoxy) is 1. The lowest BCUT2D eigenvalue weighted by atomic mass is 10.1. The normalized spacial score (nSPS) is 11.8. The smallest absolute Gasteiger partial charge is 0.246 e. The molecule has 2 aromatic rings. The van der Waals surface area contributed by atoms with Crippen molar-refractivity contribution < 1.29 is 9.53 Å². The highest BCUT2D eigenvalue weighted by atomic mass is 79.9. The Morgan fingerprint density at radius 1 is 1.25 bits per heavy atom. The lowest BCUT2D eigenvalue weighted by Gasteiger charge is -2.12. The third-order valence-electron chi connectivity index (χ3n) is 2.70. The highest BCUT2D eigenvalue weighted by Crippen LogP contribution is 2.27. The van der Waals surface area contributed by atoms with E-state index in [0.29, 0.717) is 11.4 Å². The van der Waals surface area contributed by atoms with Crippen LogP contribution in [-0.2, 0) is 4.79 Å². The standard InChI is InChI=1S/C15H13BrClNO2/c1-20-13-8-11(16)7-12(9-13)18-15(19)14(17)10-5-3-2-4-6-10/h2-9,14H,1H3,(H,18,19). The topological polar surface area (TPSA) is 38.3 Å². The Balaban J connectivity index is 2.13. The number of hydrogen-bond donors (Lipinski definition) is 1. The van der Waals surface area contributed by atoms with E-state index in [-0.39, 0.29) is 5.91 Å². The minimum absolute atomic E-state index is 0.280. The molecule has 1 amide bonds. The molecule has 2 rings (SSSR count).